The van der Waals surface area contributed by atoms with Crippen LogP contribution in [-0.4, -0.2) is 35.9 Å². The predicted octanol–water partition coefficient (Wildman–Crippen LogP) is 4.43. The van der Waals surface area contributed by atoms with Crippen LogP contribution in [0.4, 0.5) is 4.39 Å². The third-order valence-corrected chi connectivity index (χ3v) is 4.12. The summed E-state index contributed by atoms with van der Waals surface area (Å²) in [5.41, 5.74) is 2.05. The molecule has 0 aliphatic heterocycles. The summed E-state index contributed by atoms with van der Waals surface area (Å²) in [6.45, 7) is 0.308. The molecule has 0 fully saturated rings. The van der Waals surface area contributed by atoms with Gasteiger partial charge in [0.25, 0.3) is 0 Å². The Kier molecular flexibility index (Phi) is 6.72. The van der Waals surface area contributed by atoms with Crippen LogP contribution in [0.15, 0.2) is 72.9 Å². The second-order valence-corrected chi connectivity index (χ2v) is 6.30. The Balaban J connectivity index is 0.00000243. The number of benzene rings is 2. The van der Waals surface area contributed by atoms with Gasteiger partial charge in [-0.2, -0.15) is 0 Å². The molecule has 1 heterocycles. The number of rotatable bonds is 6. The maximum atomic E-state index is 14.6. The largest absolute Gasteiger partial charge is 0.333 e. The first-order chi connectivity index (χ1) is 12.1. The normalized spacial score (nSPS) is 11.8. The molecule has 1 unspecified atom stereocenters. The minimum Gasteiger partial charge on any atom is -0.333 e. The third kappa shape index (κ3) is 4.21. The van der Waals surface area contributed by atoms with Crippen molar-refractivity contribution in [2.45, 2.75) is 6.04 Å². The number of carbonyl (C=O) groups is 1. The van der Waals surface area contributed by atoms with Crippen LogP contribution in [0.2, 0.25) is 0 Å². The van der Waals surface area contributed by atoms with E-state index in [1.165, 1.54) is 6.07 Å². The van der Waals surface area contributed by atoms with E-state index in [0.717, 1.165) is 5.56 Å². The first-order valence-electron chi connectivity index (χ1n) is 8.22. The Labute approximate surface area is 159 Å². The molecule has 3 rings (SSSR count). The second-order valence-electron chi connectivity index (χ2n) is 6.30. The minimum absolute atomic E-state index is 0. The smallest absolute Gasteiger partial charge is 0.193 e. The summed E-state index contributed by atoms with van der Waals surface area (Å²) in [5, 5.41) is 0. The number of carbonyl (C=O) groups excluding carboxylic acids is 1. The highest BCUT2D eigenvalue weighted by atomic mass is 35.5. The van der Waals surface area contributed by atoms with Crippen LogP contribution >= 0.6 is 12.4 Å². The van der Waals surface area contributed by atoms with Crippen LogP contribution in [0.5, 0.6) is 0 Å². The number of halogens is 2. The van der Waals surface area contributed by atoms with E-state index in [-0.39, 0.29) is 24.0 Å². The maximum Gasteiger partial charge on any atom is 0.193 e. The zero-order chi connectivity index (χ0) is 17.8. The molecule has 0 saturated heterocycles. The number of hydrogen-bond donors (Lipinski definition) is 0. The van der Waals surface area contributed by atoms with Gasteiger partial charge in [0.1, 0.15) is 5.82 Å². The summed E-state index contributed by atoms with van der Waals surface area (Å²) < 4.78 is 16.4. The molecule has 3 nitrogen and oxygen atoms in total. The first-order valence-corrected chi connectivity index (χ1v) is 8.22. The van der Waals surface area contributed by atoms with Gasteiger partial charge in [-0.1, -0.05) is 48.5 Å². The molecule has 0 saturated carbocycles. The molecule has 0 N–H and O–H groups in total. The summed E-state index contributed by atoms with van der Waals surface area (Å²) in [6, 6.07) is 19.6. The quantitative estimate of drug-likeness (QED) is 0.598. The summed E-state index contributed by atoms with van der Waals surface area (Å²) in [7, 11) is 3.72. The van der Waals surface area contributed by atoms with Crippen LogP contribution in [-0.2, 0) is 0 Å². The molecule has 0 amide bonds. The molecule has 2 aromatic carbocycles. The highest BCUT2D eigenvalue weighted by Crippen LogP contribution is 2.30. The number of hydrogen-bond acceptors (Lipinski definition) is 2. The van der Waals surface area contributed by atoms with Crippen molar-refractivity contribution in [3.8, 4) is 0 Å². The van der Waals surface area contributed by atoms with Gasteiger partial charge in [0.05, 0.1) is 18.3 Å². The lowest BCUT2D eigenvalue weighted by Gasteiger charge is -2.23. The van der Waals surface area contributed by atoms with Crippen molar-refractivity contribution < 1.29 is 9.18 Å². The molecule has 0 aliphatic carbocycles. The SMILES string of the molecule is CN(C)CC(=O)c1cccn1C(c1ccccc1)c1ccccc1F.Cl. The molecule has 1 aromatic heterocycles. The lowest BCUT2D eigenvalue weighted by molar-refractivity contribution is 0.0948. The molecule has 0 spiro atoms. The summed E-state index contributed by atoms with van der Waals surface area (Å²) >= 11 is 0. The van der Waals surface area contributed by atoms with Crippen molar-refractivity contribution in [1.82, 2.24) is 9.47 Å². The molecule has 0 aliphatic rings. The van der Waals surface area contributed by atoms with Gasteiger partial charge < -0.3 is 9.47 Å². The van der Waals surface area contributed by atoms with Crippen molar-refractivity contribution in [3.63, 3.8) is 0 Å². The number of Topliss-reactive ketones (excluding diaryl/α,β-unsaturated/α-hetero) is 1. The fraction of sp³-hybridized carbons (Fsp3) is 0.190. The maximum absolute atomic E-state index is 14.6. The van der Waals surface area contributed by atoms with Crippen LogP contribution in [0.1, 0.15) is 27.7 Å². The summed E-state index contributed by atoms with van der Waals surface area (Å²) in [6.07, 6.45) is 1.84. The van der Waals surface area contributed by atoms with Gasteiger partial charge in [-0.05, 0) is 37.9 Å². The Hall–Kier alpha value is -2.43. The van der Waals surface area contributed by atoms with Crippen LogP contribution < -0.4 is 0 Å². The van der Waals surface area contributed by atoms with Crippen LogP contribution in [0.3, 0.4) is 0 Å². The van der Waals surface area contributed by atoms with Gasteiger partial charge in [-0.25, -0.2) is 4.39 Å². The standard InChI is InChI=1S/C21H21FN2O.ClH/c1-23(2)15-20(25)19-13-8-14-24(19)21(16-9-4-3-5-10-16)17-11-6-7-12-18(17)22;/h3-14,21H,15H2,1-2H3;1H. The summed E-state index contributed by atoms with van der Waals surface area (Å²) in [5.74, 6) is -0.275. The van der Waals surface area contributed by atoms with E-state index >= 15 is 0 Å². The van der Waals surface area contributed by atoms with Crippen molar-refractivity contribution in [1.29, 1.82) is 0 Å². The predicted molar refractivity (Wildman–Crippen MR) is 105 cm³/mol. The van der Waals surface area contributed by atoms with Gasteiger partial charge in [0.15, 0.2) is 5.78 Å². The molecule has 0 bridgehead atoms. The van der Waals surface area contributed by atoms with E-state index < -0.39 is 6.04 Å². The number of ketones is 1. The molecular formula is C21H22ClFN2O. The van der Waals surface area contributed by atoms with Gasteiger partial charge in [-0.3, -0.25) is 4.79 Å². The minimum atomic E-state index is -0.390. The molecular weight excluding hydrogens is 351 g/mol. The topological polar surface area (TPSA) is 25.2 Å². The molecule has 3 aromatic rings. The fourth-order valence-corrected chi connectivity index (χ4v) is 3.05. The Morgan fingerprint density at radius 3 is 2.31 bits per heavy atom. The Morgan fingerprint density at radius 2 is 1.65 bits per heavy atom. The monoisotopic (exact) mass is 372 g/mol. The van der Waals surface area contributed by atoms with Crippen molar-refractivity contribution in [2.75, 3.05) is 20.6 Å². The number of nitrogens with zero attached hydrogens (tertiary/aromatic N) is 2. The van der Waals surface area contributed by atoms with Crippen molar-refractivity contribution in [2.24, 2.45) is 0 Å². The van der Waals surface area contributed by atoms with Crippen molar-refractivity contribution >= 4 is 18.2 Å². The van der Waals surface area contributed by atoms with Crippen molar-refractivity contribution in [3.05, 3.63) is 95.6 Å². The summed E-state index contributed by atoms with van der Waals surface area (Å²) in [4.78, 5) is 14.5. The first kappa shape index (κ1) is 19.9. The molecule has 0 radical (unpaired) electrons. The molecule has 1 atom stereocenters. The van der Waals surface area contributed by atoms with Gasteiger partial charge in [-0.15, -0.1) is 12.4 Å². The average molecular weight is 373 g/mol. The fourth-order valence-electron chi connectivity index (χ4n) is 3.05. The number of likely N-dealkylation sites (N-methyl/N-ethyl adjacent to an activating group) is 1. The highest BCUT2D eigenvalue weighted by Gasteiger charge is 2.23. The van der Waals surface area contributed by atoms with E-state index in [1.807, 2.05) is 72.2 Å². The highest BCUT2D eigenvalue weighted by molar-refractivity contribution is 5.96. The van der Waals surface area contributed by atoms with Gasteiger partial charge in [0.2, 0.25) is 0 Å². The molecule has 26 heavy (non-hydrogen) atoms. The van der Waals surface area contributed by atoms with Crippen LogP contribution in [0.25, 0.3) is 0 Å². The zero-order valence-corrected chi connectivity index (χ0v) is 15.6. The number of aromatic nitrogens is 1. The average Bonchev–Trinajstić information content (AvgIpc) is 3.07. The lowest BCUT2D eigenvalue weighted by atomic mass is 9.97. The van der Waals surface area contributed by atoms with E-state index in [0.29, 0.717) is 17.8 Å². The third-order valence-electron chi connectivity index (χ3n) is 4.12. The molecule has 136 valence electrons. The zero-order valence-electron chi connectivity index (χ0n) is 14.8. The Morgan fingerprint density at radius 1 is 1.00 bits per heavy atom. The second kappa shape index (κ2) is 8.79. The van der Waals surface area contributed by atoms with E-state index in [4.69, 9.17) is 0 Å². The van der Waals surface area contributed by atoms with E-state index in [9.17, 15) is 9.18 Å². The van der Waals surface area contributed by atoms with E-state index in [1.54, 1.807) is 18.2 Å². The lowest BCUT2D eigenvalue weighted by Crippen LogP contribution is -2.25. The van der Waals surface area contributed by atoms with Gasteiger partial charge in [0, 0.05) is 11.8 Å². The van der Waals surface area contributed by atoms with Gasteiger partial charge >= 0.3 is 0 Å². The Bertz CT molecular complexity index is 861. The van der Waals surface area contributed by atoms with Crippen LogP contribution in [0, 0.1) is 5.82 Å². The van der Waals surface area contributed by atoms with E-state index in [2.05, 4.69) is 0 Å². The molecule has 5 heteroatoms.